The third-order valence-electron chi connectivity index (χ3n) is 2.62. The number of Topliss-reactive ketones (excluding diaryl/α,β-unsaturated/α-hetero) is 1. The number of rotatable bonds is 6. The van der Waals surface area contributed by atoms with E-state index >= 15 is 0 Å². The molecule has 0 aromatic heterocycles. The number of carbonyl (C=O) groups excluding carboxylic acids is 2. The lowest BCUT2D eigenvalue weighted by molar-refractivity contribution is -0.146. The summed E-state index contributed by atoms with van der Waals surface area (Å²) >= 11 is 5.78. The van der Waals surface area contributed by atoms with Crippen molar-refractivity contribution in [3.63, 3.8) is 0 Å². The molecule has 3 nitrogen and oxygen atoms in total. The van der Waals surface area contributed by atoms with Crippen molar-refractivity contribution in [2.75, 3.05) is 6.61 Å². The summed E-state index contributed by atoms with van der Waals surface area (Å²) in [5.41, 5.74) is 0.457. The van der Waals surface area contributed by atoms with Gasteiger partial charge >= 0.3 is 5.97 Å². The molecule has 1 unspecified atom stereocenters. The summed E-state index contributed by atoms with van der Waals surface area (Å²) in [4.78, 5) is 23.3. The fourth-order valence-electron chi connectivity index (χ4n) is 1.58. The Morgan fingerprint density at radius 1 is 1.39 bits per heavy atom. The van der Waals surface area contributed by atoms with Gasteiger partial charge in [-0.3, -0.25) is 9.59 Å². The summed E-state index contributed by atoms with van der Waals surface area (Å²) in [5, 5.41) is 0.492. The molecule has 0 heterocycles. The third kappa shape index (κ3) is 4.49. The van der Waals surface area contributed by atoms with Crippen LogP contribution in [0.4, 0.5) is 0 Å². The number of carbonyl (C=O) groups is 2. The highest BCUT2D eigenvalue weighted by atomic mass is 35.5. The van der Waals surface area contributed by atoms with Crippen LogP contribution in [0.1, 0.15) is 37.0 Å². The predicted molar refractivity (Wildman–Crippen MR) is 70.8 cm³/mol. The highest BCUT2D eigenvalue weighted by Gasteiger charge is 2.15. The van der Waals surface area contributed by atoms with Crippen molar-refractivity contribution in [2.24, 2.45) is 5.92 Å². The smallest absolute Gasteiger partial charge is 0.309 e. The Morgan fingerprint density at radius 2 is 2.11 bits per heavy atom. The molecule has 0 saturated carbocycles. The molecular weight excluding hydrogens is 252 g/mol. The van der Waals surface area contributed by atoms with Crippen molar-refractivity contribution in [3.8, 4) is 0 Å². The quantitative estimate of drug-likeness (QED) is 0.586. The molecule has 98 valence electrons. The molecule has 0 fully saturated rings. The predicted octanol–water partition coefficient (Wildman–Crippen LogP) is 3.50. The number of esters is 1. The minimum Gasteiger partial charge on any atom is -0.457 e. The Kier molecular flexibility index (Phi) is 5.86. The number of halogens is 1. The lowest BCUT2D eigenvalue weighted by atomic mass is 10.1. The zero-order chi connectivity index (χ0) is 13.5. The fraction of sp³-hybridized carbons (Fsp3) is 0.429. The molecule has 1 aromatic carbocycles. The first-order chi connectivity index (χ1) is 8.54. The van der Waals surface area contributed by atoms with Crippen LogP contribution in [0.2, 0.25) is 5.02 Å². The van der Waals surface area contributed by atoms with E-state index in [9.17, 15) is 9.59 Å². The zero-order valence-corrected chi connectivity index (χ0v) is 11.4. The van der Waals surface area contributed by atoms with E-state index in [4.69, 9.17) is 16.3 Å². The van der Waals surface area contributed by atoms with Crippen LogP contribution in [-0.2, 0) is 9.53 Å². The maximum Gasteiger partial charge on any atom is 0.309 e. The maximum atomic E-state index is 11.7. The minimum absolute atomic E-state index is 0.165. The highest BCUT2D eigenvalue weighted by Crippen LogP contribution is 2.12. The molecule has 0 saturated heterocycles. The average molecular weight is 269 g/mol. The van der Waals surface area contributed by atoms with Crippen LogP contribution >= 0.6 is 11.6 Å². The normalized spacial score (nSPS) is 11.9. The van der Waals surface area contributed by atoms with Crippen LogP contribution < -0.4 is 0 Å². The Hall–Kier alpha value is -1.35. The van der Waals surface area contributed by atoms with E-state index in [0.717, 1.165) is 12.8 Å². The molecule has 0 aliphatic rings. The van der Waals surface area contributed by atoms with Gasteiger partial charge in [0.1, 0.15) is 0 Å². The first-order valence-corrected chi connectivity index (χ1v) is 6.37. The monoisotopic (exact) mass is 268 g/mol. The summed E-state index contributed by atoms with van der Waals surface area (Å²) < 4.78 is 4.98. The molecule has 0 amide bonds. The van der Waals surface area contributed by atoms with E-state index in [1.54, 1.807) is 31.2 Å². The van der Waals surface area contributed by atoms with Gasteiger partial charge in [-0.1, -0.05) is 44.0 Å². The van der Waals surface area contributed by atoms with E-state index in [1.165, 1.54) is 0 Å². The first-order valence-electron chi connectivity index (χ1n) is 6.00. The van der Waals surface area contributed by atoms with Gasteiger partial charge in [0.25, 0.3) is 0 Å². The van der Waals surface area contributed by atoms with Crippen molar-refractivity contribution >= 4 is 23.4 Å². The lowest BCUT2D eigenvalue weighted by Gasteiger charge is -2.09. The molecule has 4 heteroatoms. The average Bonchev–Trinajstić information content (AvgIpc) is 2.35. The van der Waals surface area contributed by atoms with E-state index in [1.807, 2.05) is 6.92 Å². The first kappa shape index (κ1) is 14.7. The SMILES string of the molecule is CCCC(C)C(=O)OCC(=O)c1cccc(Cl)c1. The fourth-order valence-corrected chi connectivity index (χ4v) is 1.77. The van der Waals surface area contributed by atoms with Gasteiger partial charge in [-0.2, -0.15) is 0 Å². The van der Waals surface area contributed by atoms with Crippen LogP contribution in [0.15, 0.2) is 24.3 Å². The van der Waals surface area contributed by atoms with Gasteiger partial charge < -0.3 is 4.74 Å². The second-order valence-corrected chi connectivity index (χ2v) is 4.67. The molecule has 18 heavy (non-hydrogen) atoms. The molecule has 1 aromatic rings. The summed E-state index contributed by atoms with van der Waals surface area (Å²) in [5.74, 6) is -0.732. The van der Waals surface area contributed by atoms with Crippen molar-refractivity contribution in [1.82, 2.24) is 0 Å². The van der Waals surface area contributed by atoms with E-state index in [2.05, 4.69) is 0 Å². The van der Waals surface area contributed by atoms with E-state index in [0.29, 0.717) is 10.6 Å². The van der Waals surface area contributed by atoms with Crippen LogP contribution in [0, 0.1) is 5.92 Å². The largest absolute Gasteiger partial charge is 0.457 e. The summed E-state index contributed by atoms with van der Waals surface area (Å²) in [7, 11) is 0. The zero-order valence-electron chi connectivity index (χ0n) is 10.6. The van der Waals surface area contributed by atoms with Crippen molar-refractivity contribution < 1.29 is 14.3 Å². The van der Waals surface area contributed by atoms with Gasteiger partial charge in [-0.25, -0.2) is 0 Å². The molecule has 0 aliphatic heterocycles. The molecule has 0 aliphatic carbocycles. The van der Waals surface area contributed by atoms with Crippen LogP contribution in [-0.4, -0.2) is 18.4 Å². The summed E-state index contributed by atoms with van der Waals surface area (Å²) in [6.45, 7) is 3.57. The maximum absolute atomic E-state index is 11.7. The van der Waals surface area contributed by atoms with Gasteiger partial charge in [0.2, 0.25) is 0 Å². The minimum atomic E-state index is -0.327. The topological polar surface area (TPSA) is 43.4 Å². The number of hydrogen-bond donors (Lipinski definition) is 0. The Balaban J connectivity index is 2.49. The third-order valence-corrected chi connectivity index (χ3v) is 2.85. The van der Waals surface area contributed by atoms with Gasteiger partial charge in [-0.05, 0) is 18.6 Å². The van der Waals surface area contributed by atoms with Crippen molar-refractivity contribution in [2.45, 2.75) is 26.7 Å². The Labute approximate surface area is 112 Å². The van der Waals surface area contributed by atoms with Gasteiger partial charge in [0.15, 0.2) is 12.4 Å². The highest BCUT2D eigenvalue weighted by molar-refractivity contribution is 6.31. The van der Waals surface area contributed by atoms with Crippen LogP contribution in [0.5, 0.6) is 0 Å². The second-order valence-electron chi connectivity index (χ2n) is 4.23. The van der Waals surface area contributed by atoms with E-state index < -0.39 is 0 Å². The lowest BCUT2D eigenvalue weighted by Crippen LogP contribution is -2.19. The second kappa shape index (κ2) is 7.17. The Bertz CT molecular complexity index is 429. The standard InChI is InChI=1S/C14H17ClO3/c1-3-5-10(2)14(17)18-9-13(16)11-6-4-7-12(15)8-11/h4,6-8,10H,3,5,9H2,1-2H3. The molecular formula is C14H17ClO3. The summed E-state index contributed by atoms with van der Waals surface area (Å²) in [6, 6.07) is 6.59. The van der Waals surface area contributed by atoms with E-state index in [-0.39, 0.29) is 24.3 Å². The van der Waals surface area contributed by atoms with Crippen molar-refractivity contribution in [1.29, 1.82) is 0 Å². The molecule has 0 bridgehead atoms. The molecule has 0 N–H and O–H groups in total. The number of benzene rings is 1. The Morgan fingerprint density at radius 3 is 2.72 bits per heavy atom. The number of hydrogen-bond acceptors (Lipinski definition) is 3. The van der Waals surface area contributed by atoms with Crippen LogP contribution in [0.3, 0.4) is 0 Å². The molecule has 0 spiro atoms. The summed E-state index contributed by atoms with van der Waals surface area (Å²) in [6.07, 6.45) is 1.68. The van der Waals surface area contributed by atoms with Crippen LogP contribution in [0.25, 0.3) is 0 Å². The molecule has 1 rings (SSSR count). The van der Waals surface area contributed by atoms with Gasteiger partial charge in [0.05, 0.1) is 5.92 Å². The molecule has 1 atom stereocenters. The van der Waals surface area contributed by atoms with Gasteiger partial charge in [0, 0.05) is 10.6 Å². The number of ether oxygens (including phenoxy) is 1. The molecule has 0 radical (unpaired) electrons. The van der Waals surface area contributed by atoms with Gasteiger partial charge in [-0.15, -0.1) is 0 Å². The number of ketones is 1. The van der Waals surface area contributed by atoms with Crippen molar-refractivity contribution in [3.05, 3.63) is 34.9 Å².